The molecule has 0 spiro atoms. The number of halogens is 1. The summed E-state index contributed by atoms with van der Waals surface area (Å²) in [7, 11) is 0. The highest BCUT2D eigenvalue weighted by Gasteiger charge is 2.43. The first-order valence-electron chi connectivity index (χ1n) is 11.7. The molecular formula is C28H22FNO6. The van der Waals surface area contributed by atoms with E-state index in [1.165, 1.54) is 12.1 Å². The van der Waals surface area contributed by atoms with Gasteiger partial charge < -0.3 is 23.5 Å². The molecule has 3 aromatic carbocycles. The summed E-state index contributed by atoms with van der Waals surface area (Å²) in [4.78, 5) is 28.8. The van der Waals surface area contributed by atoms with Crippen LogP contribution in [0.5, 0.6) is 17.2 Å². The quantitative estimate of drug-likeness (QED) is 0.372. The average molecular weight is 487 g/mol. The van der Waals surface area contributed by atoms with Crippen LogP contribution in [0.1, 0.15) is 46.6 Å². The van der Waals surface area contributed by atoms with Crippen LogP contribution in [0.2, 0.25) is 0 Å². The molecule has 2 aliphatic heterocycles. The highest BCUT2D eigenvalue weighted by molar-refractivity contribution is 5.99. The van der Waals surface area contributed by atoms with Crippen molar-refractivity contribution in [1.82, 2.24) is 4.90 Å². The van der Waals surface area contributed by atoms with E-state index in [9.17, 15) is 14.0 Å². The Morgan fingerprint density at radius 3 is 2.61 bits per heavy atom. The van der Waals surface area contributed by atoms with E-state index >= 15 is 0 Å². The molecule has 0 saturated carbocycles. The Kier molecular flexibility index (Phi) is 5.36. The summed E-state index contributed by atoms with van der Waals surface area (Å²) in [6.07, 6.45) is 0.875. The number of hydrogen-bond donors (Lipinski definition) is 0. The maximum absolute atomic E-state index is 14.0. The van der Waals surface area contributed by atoms with Crippen molar-refractivity contribution >= 4 is 16.9 Å². The van der Waals surface area contributed by atoms with E-state index in [0.717, 1.165) is 23.6 Å². The number of rotatable bonds is 6. The van der Waals surface area contributed by atoms with Crippen LogP contribution in [-0.2, 0) is 6.54 Å². The van der Waals surface area contributed by atoms with E-state index in [-0.39, 0.29) is 35.6 Å². The Hall–Kier alpha value is -4.33. The van der Waals surface area contributed by atoms with Crippen molar-refractivity contribution in [2.75, 3.05) is 13.4 Å². The summed E-state index contributed by atoms with van der Waals surface area (Å²) in [6, 6.07) is 15.8. The Morgan fingerprint density at radius 2 is 1.81 bits per heavy atom. The lowest BCUT2D eigenvalue weighted by Crippen LogP contribution is -2.29. The highest BCUT2D eigenvalue weighted by atomic mass is 19.1. The lowest BCUT2D eigenvalue weighted by molar-refractivity contribution is 0.0714. The number of hydrogen-bond acceptors (Lipinski definition) is 6. The predicted octanol–water partition coefficient (Wildman–Crippen LogP) is 5.20. The van der Waals surface area contributed by atoms with Crippen LogP contribution in [0.25, 0.3) is 11.0 Å². The zero-order valence-electron chi connectivity index (χ0n) is 19.5. The fraction of sp³-hybridized carbons (Fsp3) is 0.214. The monoisotopic (exact) mass is 487 g/mol. The first-order valence-corrected chi connectivity index (χ1v) is 11.7. The lowest BCUT2D eigenvalue weighted by Gasteiger charge is -2.25. The summed E-state index contributed by atoms with van der Waals surface area (Å²) < 4.78 is 36.5. The van der Waals surface area contributed by atoms with Crippen LogP contribution >= 0.6 is 0 Å². The maximum Gasteiger partial charge on any atom is 0.291 e. The topological polar surface area (TPSA) is 78.2 Å². The molecule has 0 N–H and O–H groups in total. The van der Waals surface area contributed by atoms with Gasteiger partial charge in [-0.25, -0.2) is 4.39 Å². The van der Waals surface area contributed by atoms with Gasteiger partial charge in [-0.15, -0.1) is 0 Å². The molecule has 182 valence electrons. The number of carbonyl (C=O) groups is 1. The molecule has 1 atom stereocenters. The molecule has 1 aromatic heterocycles. The standard InChI is InChI=1S/C28H22FNO6/c1-2-11-33-19-7-4-17(5-8-19)25-24-26(31)20-13-18(29)6-10-21(20)36-27(24)28(32)30(25)14-16-3-9-22-23(12-16)35-15-34-22/h3-10,12-13,25H,2,11,14-15H2,1H3/t25-/m0/s1. The van der Waals surface area contributed by atoms with E-state index < -0.39 is 23.2 Å². The Morgan fingerprint density at radius 1 is 1.00 bits per heavy atom. The molecule has 1 amide bonds. The largest absolute Gasteiger partial charge is 0.494 e. The van der Waals surface area contributed by atoms with E-state index in [4.69, 9.17) is 18.6 Å². The van der Waals surface area contributed by atoms with Gasteiger partial charge in [0.2, 0.25) is 12.6 Å². The van der Waals surface area contributed by atoms with Gasteiger partial charge in [0.1, 0.15) is 17.1 Å². The minimum absolute atomic E-state index is 0.0313. The van der Waals surface area contributed by atoms with Crippen LogP contribution in [0.4, 0.5) is 4.39 Å². The minimum atomic E-state index is -0.720. The highest BCUT2D eigenvalue weighted by Crippen LogP contribution is 2.41. The van der Waals surface area contributed by atoms with E-state index in [2.05, 4.69) is 0 Å². The van der Waals surface area contributed by atoms with E-state index in [1.54, 1.807) is 11.0 Å². The van der Waals surface area contributed by atoms with Crippen molar-refractivity contribution in [1.29, 1.82) is 0 Å². The number of carbonyl (C=O) groups excluding carboxylic acids is 1. The van der Waals surface area contributed by atoms with E-state index in [0.29, 0.717) is 23.9 Å². The molecule has 0 aliphatic carbocycles. The minimum Gasteiger partial charge on any atom is -0.494 e. The van der Waals surface area contributed by atoms with Gasteiger partial charge in [-0.05, 0) is 60.0 Å². The normalized spacial score (nSPS) is 16.0. The Labute approximate surface area is 205 Å². The van der Waals surface area contributed by atoms with Crippen molar-refractivity contribution in [2.45, 2.75) is 25.9 Å². The van der Waals surface area contributed by atoms with Crippen LogP contribution in [0.15, 0.2) is 69.9 Å². The summed E-state index contributed by atoms with van der Waals surface area (Å²) in [6.45, 7) is 2.95. The molecule has 0 bridgehead atoms. The molecule has 4 aromatic rings. The number of benzene rings is 3. The van der Waals surface area contributed by atoms with Crippen molar-refractivity contribution in [2.24, 2.45) is 0 Å². The van der Waals surface area contributed by atoms with Gasteiger partial charge in [0.25, 0.3) is 5.91 Å². The van der Waals surface area contributed by atoms with Gasteiger partial charge in [-0.1, -0.05) is 25.1 Å². The van der Waals surface area contributed by atoms with Crippen molar-refractivity contribution in [3.63, 3.8) is 0 Å². The van der Waals surface area contributed by atoms with Gasteiger partial charge >= 0.3 is 0 Å². The second-order valence-electron chi connectivity index (χ2n) is 8.76. The summed E-state index contributed by atoms with van der Waals surface area (Å²) in [5.41, 5.74) is 1.45. The molecule has 0 saturated heterocycles. The van der Waals surface area contributed by atoms with Crippen LogP contribution in [0.3, 0.4) is 0 Å². The second-order valence-corrected chi connectivity index (χ2v) is 8.76. The van der Waals surface area contributed by atoms with Crippen LogP contribution < -0.4 is 19.6 Å². The molecule has 36 heavy (non-hydrogen) atoms. The molecule has 0 radical (unpaired) electrons. The third-order valence-corrected chi connectivity index (χ3v) is 6.39. The fourth-order valence-corrected chi connectivity index (χ4v) is 4.70. The van der Waals surface area contributed by atoms with Gasteiger partial charge in [-0.3, -0.25) is 9.59 Å². The zero-order valence-corrected chi connectivity index (χ0v) is 19.5. The number of ether oxygens (including phenoxy) is 3. The fourth-order valence-electron chi connectivity index (χ4n) is 4.70. The lowest BCUT2D eigenvalue weighted by atomic mass is 9.98. The molecule has 6 rings (SSSR count). The number of amides is 1. The smallest absolute Gasteiger partial charge is 0.291 e. The molecular weight excluding hydrogens is 465 g/mol. The van der Waals surface area contributed by atoms with Gasteiger partial charge in [0, 0.05) is 6.54 Å². The maximum atomic E-state index is 14.0. The zero-order chi connectivity index (χ0) is 24.8. The molecule has 0 unspecified atom stereocenters. The first kappa shape index (κ1) is 22.2. The van der Waals surface area contributed by atoms with Crippen LogP contribution in [-0.4, -0.2) is 24.2 Å². The Balaban J connectivity index is 1.47. The van der Waals surface area contributed by atoms with Crippen molar-refractivity contribution < 1.29 is 27.8 Å². The predicted molar refractivity (Wildman–Crippen MR) is 129 cm³/mol. The molecule has 2 aliphatic rings. The Bertz CT molecular complexity index is 1540. The second kappa shape index (κ2) is 8.71. The summed E-state index contributed by atoms with van der Waals surface area (Å²) in [5, 5.41) is 0.0966. The summed E-state index contributed by atoms with van der Waals surface area (Å²) >= 11 is 0. The average Bonchev–Trinajstić information content (AvgIpc) is 3.46. The van der Waals surface area contributed by atoms with Gasteiger partial charge in [-0.2, -0.15) is 0 Å². The number of fused-ring (bicyclic) bond motifs is 3. The third-order valence-electron chi connectivity index (χ3n) is 6.39. The van der Waals surface area contributed by atoms with Gasteiger partial charge in [0.15, 0.2) is 16.9 Å². The van der Waals surface area contributed by atoms with Gasteiger partial charge in [0.05, 0.1) is 23.6 Å². The first-order chi connectivity index (χ1) is 17.5. The third kappa shape index (κ3) is 3.66. The van der Waals surface area contributed by atoms with Crippen molar-refractivity contribution in [3.05, 3.63) is 99.2 Å². The summed E-state index contributed by atoms with van der Waals surface area (Å²) in [5.74, 6) is 0.934. The van der Waals surface area contributed by atoms with E-state index in [1.807, 2.05) is 43.3 Å². The van der Waals surface area contributed by atoms with Crippen molar-refractivity contribution in [3.8, 4) is 17.2 Å². The number of nitrogens with zero attached hydrogens (tertiary/aromatic N) is 1. The molecule has 7 nitrogen and oxygen atoms in total. The molecule has 3 heterocycles. The van der Waals surface area contributed by atoms with Crippen LogP contribution in [0, 0.1) is 5.82 Å². The molecule has 0 fully saturated rings. The SMILES string of the molecule is CCCOc1ccc([C@H]2c3c(oc4ccc(F)cc4c3=O)C(=O)N2Cc2ccc3c(c2)OCO3)cc1. The molecule has 8 heteroatoms.